The van der Waals surface area contributed by atoms with Crippen molar-refractivity contribution in [1.82, 2.24) is 4.90 Å². The fourth-order valence-electron chi connectivity index (χ4n) is 3.80. The second kappa shape index (κ2) is 8.73. The molecule has 5 nitrogen and oxygen atoms in total. The number of aryl methyl sites for hydroxylation is 2. The predicted molar refractivity (Wildman–Crippen MR) is 120 cm³/mol. The summed E-state index contributed by atoms with van der Waals surface area (Å²) < 4.78 is 0. The highest BCUT2D eigenvalue weighted by Gasteiger charge is 2.20. The highest BCUT2D eigenvalue weighted by Crippen LogP contribution is 2.24. The zero-order chi connectivity index (χ0) is 17.9. The van der Waals surface area contributed by atoms with Crippen molar-refractivity contribution in [3.05, 3.63) is 64.7 Å². The Kier molecular flexibility index (Phi) is 6.36. The molecule has 0 saturated heterocycles. The van der Waals surface area contributed by atoms with Crippen LogP contribution in [-0.2, 0) is 30.6 Å². The Balaban J connectivity index is 0.00000210. The number of carbonyl (C=O) groups excluding carboxylic acids is 1. The van der Waals surface area contributed by atoms with Gasteiger partial charge in [-0.05, 0) is 60.1 Å². The number of anilines is 1. The van der Waals surface area contributed by atoms with Crippen molar-refractivity contribution in [2.75, 3.05) is 18.4 Å². The molecule has 0 saturated carbocycles. The number of fused-ring (bicyclic) bond motifs is 2. The first kappa shape index (κ1) is 19.7. The van der Waals surface area contributed by atoms with Crippen LogP contribution in [0, 0.1) is 0 Å². The molecule has 0 spiro atoms. The minimum absolute atomic E-state index is 0. The Labute approximate surface area is 177 Å². The van der Waals surface area contributed by atoms with Gasteiger partial charge in [-0.2, -0.15) is 0 Å². The minimum atomic E-state index is 0. The number of aliphatic imine (C=N–C) groups is 1. The molecule has 1 aliphatic carbocycles. The number of hydrogen-bond acceptors (Lipinski definition) is 2. The van der Waals surface area contributed by atoms with Crippen LogP contribution in [0.3, 0.4) is 0 Å². The van der Waals surface area contributed by atoms with Gasteiger partial charge in [0.2, 0.25) is 5.91 Å². The molecule has 6 heteroatoms. The van der Waals surface area contributed by atoms with E-state index in [1.165, 1.54) is 28.7 Å². The van der Waals surface area contributed by atoms with Gasteiger partial charge in [0, 0.05) is 18.8 Å². The van der Waals surface area contributed by atoms with E-state index in [1.807, 2.05) is 23.1 Å². The van der Waals surface area contributed by atoms with E-state index in [-0.39, 0.29) is 42.4 Å². The summed E-state index contributed by atoms with van der Waals surface area (Å²) >= 11 is 0. The standard InChI is InChI=1S/C21H24N4O.HI/c22-21(24-19-9-8-15-6-3-7-17(15)12-19)23-13-20(26)25-11-10-16-4-1-2-5-18(16)14-25;/h1-2,4-5,8-9,12H,3,6-7,10-11,13-14H2,(H3,22,23,24);1H. The van der Waals surface area contributed by atoms with Gasteiger partial charge in [-0.25, -0.2) is 4.99 Å². The molecule has 0 atom stereocenters. The molecule has 4 rings (SSSR count). The lowest BCUT2D eigenvalue weighted by molar-refractivity contribution is -0.130. The summed E-state index contributed by atoms with van der Waals surface area (Å²) in [5, 5.41) is 3.10. The average molecular weight is 476 g/mol. The molecule has 2 aromatic rings. The number of amides is 1. The number of halogens is 1. The molecule has 27 heavy (non-hydrogen) atoms. The van der Waals surface area contributed by atoms with Gasteiger partial charge in [0.25, 0.3) is 0 Å². The van der Waals surface area contributed by atoms with Crippen LogP contribution >= 0.6 is 24.0 Å². The SMILES string of the molecule is I.NC(=NCC(=O)N1CCc2ccccc2C1)Nc1ccc2c(c1)CCC2. The first-order chi connectivity index (χ1) is 12.7. The van der Waals surface area contributed by atoms with Crippen molar-refractivity contribution >= 4 is 41.5 Å². The summed E-state index contributed by atoms with van der Waals surface area (Å²) in [6.07, 6.45) is 4.40. The first-order valence-electron chi connectivity index (χ1n) is 9.22. The Morgan fingerprint density at radius 3 is 2.63 bits per heavy atom. The summed E-state index contributed by atoms with van der Waals surface area (Å²) in [7, 11) is 0. The number of nitrogens with two attached hydrogens (primary N) is 1. The third-order valence-corrected chi connectivity index (χ3v) is 5.24. The van der Waals surface area contributed by atoms with Gasteiger partial charge >= 0.3 is 0 Å². The lowest BCUT2D eigenvalue weighted by atomic mass is 10.00. The lowest BCUT2D eigenvalue weighted by Gasteiger charge is -2.28. The Hall–Kier alpha value is -2.09. The van der Waals surface area contributed by atoms with E-state index in [9.17, 15) is 4.79 Å². The molecule has 2 aliphatic rings. The molecule has 0 fully saturated rings. The van der Waals surface area contributed by atoms with E-state index in [0.717, 1.165) is 31.5 Å². The lowest BCUT2D eigenvalue weighted by Crippen LogP contribution is -2.38. The normalized spacial score (nSPS) is 15.6. The van der Waals surface area contributed by atoms with E-state index in [0.29, 0.717) is 6.54 Å². The molecule has 0 aromatic heterocycles. The van der Waals surface area contributed by atoms with Gasteiger partial charge in [0.1, 0.15) is 6.54 Å². The fraction of sp³-hybridized carbons (Fsp3) is 0.333. The molecule has 3 N–H and O–H groups in total. The summed E-state index contributed by atoms with van der Waals surface area (Å²) in [6, 6.07) is 14.6. The van der Waals surface area contributed by atoms with Gasteiger partial charge in [0.05, 0.1) is 0 Å². The maximum atomic E-state index is 12.5. The largest absolute Gasteiger partial charge is 0.370 e. The zero-order valence-corrected chi connectivity index (χ0v) is 17.6. The Bertz CT molecular complexity index is 865. The van der Waals surface area contributed by atoms with Crippen LogP contribution in [0.2, 0.25) is 0 Å². The zero-order valence-electron chi connectivity index (χ0n) is 15.3. The Morgan fingerprint density at radius 2 is 1.78 bits per heavy atom. The number of hydrogen-bond donors (Lipinski definition) is 2. The van der Waals surface area contributed by atoms with Crippen LogP contribution in [0.25, 0.3) is 0 Å². The Morgan fingerprint density at radius 1 is 1.04 bits per heavy atom. The van der Waals surface area contributed by atoms with Crippen molar-refractivity contribution in [2.24, 2.45) is 10.7 Å². The number of nitrogens with zero attached hydrogens (tertiary/aromatic N) is 2. The van der Waals surface area contributed by atoms with E-state index in [4.69, 9.17) is 5.73 Å². The van der Waals surface area contributed by atoms with E-state index in [1.54, 1.807) is 0 Å². The van der Waals surface area contributed by atoms with Crippen molar-refractivity contribution in [3.63, 3.8) is 0 Å². The smallest absolute Gasteiger partial charge is 0.244 e. The van der Waals surface area contributed by atoms with Gasteiger partial charge in [0.15, 0.2) is 5.96 Å². The number of carbonyl (C=O) groups is 1. The summed E-state index contributed by atoms with van der Waals surface area (Å²) in [5.74, 6) is 0.298. The third kappa shape index (κ3) is 4.61. The molecule has 0 bridgehead atoms. The van der Waals surface area contributed by atoms with E-state index >= 15 is 0 Å². The number of rotatable bonds is 3. The minimum Gasteiger partial charge on any atom is -0.370 e. The van der Waals surface area contributed by atoms with Gasteiger partial charge in [-0.15, -0.1) is 24.0 Å². The second-order valence-electron chi connectivity index (χ2n) is 7.00. The van der Waals surface area contributed by atoms with Crippen LogP contribution in [0.4, 0.5) is 5.69 Å². The third-order valence-electron chi connectivity index (χ3n) is 5.24. The van der Waals surface area contributed by atoms with Gasteiger partial charge < -0.3 is 16.0 Å². The molecule has 0 unspecified atom stereocenters. The van der Waals surface area contributed by atoms with Crippen molar-refractivity contribution in [1.29, 1.82) is 0 Å². The summed E-state index contributed by atoms with van der Waals surface area (Å²) in [5.41, 5.74) is 12.3. The van der Waals surface area contributed by atoms with Crippen LogP contribution in [-0.4, -0.2) is 29.9 Å². The molecular formula is C21H25IN4O. The number of benzene rings is 2. The molecule has 2 aromatic carbocycles. The highest BCUT2D eigenvalue weighted by molar-refractivity contribution is 14.0. The second-order valence-corrected chi connectivity index (χ2v) is 7.00. The maximum absolute atomic E-state index is 12.5. The van der Waals surface area contributed by atoms with Crippen LogP contribution in [0.15, 0.2) is 47.5 Å². The van der Waals surface area contributed by atoms with Crippen LogP contribution in [0.5, 0.6) is 0 Å². The summed E-state index contributed by atoms with van der Waals surface area (Å²) in [6.45, 7) is 1.47. The molecule has 1 aliphatic heterocycles. The molecule has 0 radical (unpaired) electrons. The molecule has 1 heterocycles. The van der Waals surface area contributed by atoms with Crippen LogP contribution in [0.1, 0.15) is 28.7 Å². The monoisotopic (exact) mass is 476 g/mol. The highest BCUT2D eigenvalue weighted by atomic mass is 127. The fourth-order valence-corrected chi connectivity index (χ4v) is 3.80. The van der Waals surface area contributed by atoms with Crippen molar-refractivity contribution in [3.8, 4) is 0 Å². The van der Waals surface area contributed by atoms with E-state index in [2.05, 4.69) is 34.6 Å². The topological polar surface area (TPSA) is 70.7 Å². The predicted octanol–water partition coefficient (Wildman–Crippen LogP) is 3.10. The van der Waals surface area contributed by atoms with Gasteiger partial charge in [-0.3, -0.25) is 4.79 Å². The average Bonchev–Trinajstić information content (AvgIpc) is 3.13. The van der Waals surface area contributed by atoms with E-state index < -0.39 is 0 Å². The maximum Gasteiger partial charge on any atom is 0.244 e. The number of guanidine groups is 1. The first-order valence-corrected chi connectivity index (χ1v) is 9.22. The van der Waals surface area contributed by atoms with Gasteiger partial charge in [-0.1, -0.05) is 30.3 Å². The van der Waals surface area contributed by atoms with Crippen molar-refractivity contribution in [2.45, 2.75) is 32.2 Å². The number of nitrogens with one attached hydrogen (secondary N) is 1. The van der Waals surface area contributed by atoms with Crippen molar-refractivity contribution < 1.29 is 4.79 Å². The molecule has 1 amide bonds. The summed E-state index contributed by atoms with van der Waals surface area (Å²) in [4.78, 5) is 18.5. The molecule has 142 valence electrons. The molecular weight excluding hydrogens is 451 g/mol. The van der Waals surface area contributed by atoms with Crippen LogP contribution < -0.4 is 11.1 Å². The quantitative estimate of drug-likeness (QED) is 0.407.